The van der Waals surface area contributed by atoms with Gasteiger partial charge >= 0.3 is 0 Å². The maximum Gasteiger partial charge on any atom is 0.294 e. The maximum atomic E-state index is 12.0. The summed E-state index contributed by atoms with van der Waals surface area (Å²) in [5.41, 5.74) is 23.9. The van der Waals surface area contributed by atoms with Crippen molar-refractivity contribution in [3.05, 3.63) is 289 Å². The van der Waals surface area contributed by atoms with Crippen molar-refractivity contribution in [3.63, 3.8) is 0 Å². The van der Waals surface area contributed by atoms with Crippen molar-refractivity contribution in [2.24, 2.45) is 28.2 Å². The van der Waals surface area contributed by atoms with E-state index in [1.807, 2.05) is 46.5 Å². The molecule has 0 spiro atoms. The molecular weight excluding hydrogens is 1660 g/mol. The van der Waals surface area contributed by atoms with Crippen LogP contribution in [0.3, 0.4) is 0 Å². The molecule has 0 atom stereocenters. The van der Waals surface area contributed by atoms with Crippen molar-refractivity contribution in [1.82, 2.24) is 39.9 Å². The van der Waals surface area contributed by atoms with Gasteiger partial charge in [-0.15, -0.1) is 0 Å². The van der Waals surface area contributed by atoms with Gasteiger partial charge in [0.15, 0.2) is 49.6 Å². The van der Waals surface area contributed by atoms with Gasteiger partial charge in [-0.3, -0.25) is 9.11 Å². The van der Waals surface area contributed by atoms with E-state index in [4.69, 9.17) is 19.9 Å². The number of rotatable bonds is 12. The van der Waals surface area contributed by atoms with Crippen LogP contribution < -0.4 is 18.3 Å². The second-order valence-electron chi connectivity index (χ2n) is 28.1. The number of aryl methyl sites for hydroxylation is 4. The summed E-state index contributed by atoms with van der Waals surface area (Å²) in [5, 5.41) is 0. The van der Waals surface area contributed by atoms with E-state index in [9.17, 15) is 53.3 Å². The van der Waals surface area contributed by atoms with E-state index in [-0.39, 0.29) is 53.1 Å². The molecule has 12 N–H and O–H groups in total. The molecule has 16 bridgehead atoms. The van der Waals surface area contributed by atoms with E-state index < -0.39 is 42.0 Å². The summed E-state index contributed by atoms with van der Waals surface area (Å²) in [6.45, 7) is 0. The fraction of sp³-hybridized carbons (Fsp3) is 0.0455. The number of fused-ring (bicyclic) bond motifs is 16. The molecule has 118 heavy (non-hydrogen) atoms. The van der Waals surface area contributed by atoms with E-state index in [0.717, 1.165) is 89.4 Å². The number of hydrogen-bond acceptors (Lipinski definition) is 14. The molecule has 0 unspecified atom stereocenters. The standard InChI is InChI=1S/C44H37N8.C44H34N4O12S4.2Co/c1-49-21-13-29(14-22-49)41-33-5-7-35(45-33)42(30-15-23-50(2)24-16-30)37-9-11-39(47-37)44(32-19-27-52(4)28-20-32)40-12-10-38(48-40)43(36-8-6-34(41)46-36)31-17-25-51(3)26-18-31;49-61(50,51)29-9-1-25(2-10-29)41-33-17-19-35(45-33)42(26-3-11-30(12-4-26)62(52,53)54)37-21-23-39(47-37)44(28-7-15-32(16-8-28)64(58,59)60)40-24-22-38(48-40)43(36-20-18-34(41)46-36)27-5-13-31(14-6-27)63(55,56)57;;/h5-28H,1-4H3,(H,45,46,47,48);1-24,45,48-54H,(H,55,56,57)(H,58,59,60);;/q+3;;;/p+1. The Labute approximate surface area is 700 Å². The molecule has 0 saturated heterocycles. The molecule has 14 heterocycles. The molecule has 2 radical (unpaired) electrons. The minimum absolute atomic E-state index is 0. The van der Waals surface area contributed by atoms with Crippen LogP contribution >= 0.6 is 21.7 Å². The molecule has 4 aliphatic heterocycles. The molecule has 30 heteroatoms. The monoisotopic (exact) mass is 1730 g/mol. The van der Waals surface area contributed by atoms with E-state index in [0.29, 0.717) is 89.4 Å². The molecule has 0 fully saturated rings. The Balaban J connectivity index is 0.000000185. The Hall–Kier alpha value is -12.0. The molecule has 24 nitrogen and oxygen atoms in total. The van der Waals surface area contributed by atoms with Gasteiger partial charge in [0.2, 0.25) is 0 Å². The van der Waals surface area contributed by atoms with Crippen LogP contribution in [-0.4, -0.2) is 93.1 Å². The van der Waals surface area contributed by atoms with Crippen molar-refractivity contribution in [1.29, 1.82) is 0 Å². The molecule has 10 aromatic heterocycles. The molecule has 18 rings (SSSR count). The van der Waals surface area contributed by atoms with Crippen LogP contribution in [0.4, 0.5) is 0 Å². The quantitative estimate of drug-likeness (QED) is 0.0399. The van der Waals surface area contributed by atoms with Crippen molar-refractivity contribution in [3.8, 4) is 89.0 Å². The average molecular weight is 1740 g/mol. The first-order valence-corrected chi connectivity index (χ1v) is 42.0. The minimum atomic E-state index is -4.53. The predicted molar refractivity (Wildman–Crippen MR) is 453 cm³/mol. The summed E-state index contributed by atoms with van der Waals surface area (Å²) in [6.07, 6.45) is 32.2. The van der Waals surface area contributed by atoms with Gasteiger partial charge in [0.1, 0.15) is 49.9 Å². The molecule has 14 aromatic rings. The first-order valence-electron chi connectivity index (χ1n) is 36.1. The molecule has 0 aliphatic carbocycles. The molecule has 594 valence electrons. The first-order chi connectivity index (χ1) is 55.6. The van der Waals surface area contributed by atoms with Crippen molar-refractivity contribution in [2.75, 3.05) is 0 Å². The van der Waals surface area contributed by atoms with Gasteiger partial charge in [-0.2, -0.15) is 16.8 Å². The van der Waals surface area contributed by atoms with E-state index in [1.165, 1.54) is 72.8 Å². The fourth-order valence-corrected chi connectivity index (χ4v) is 16.7. The molecule has 0 amide bonds. The van der Waals surface area contributed by atoms with E-state index >= 15 is 0 Å². The SMILES string of the molecule is C[n+]1ccc(-c2c3nc(c(-c4cc[n+](C)cc4)c4ccc([nH]4)c(-c4cc[n+](C)cc4)c4nc(c(-c5cc[n+](C)cc5)c5ccc2[nH]5)C=C4)C=C3)cc1.O=S(=O)(O)c1ccc(-c2c3nc(c(-c4ccc(S(O)(O)O)cc4)c4ccc([nH]4)c(-c4ccc(S(O)(O)O)cc4)c4nc(c(-c5ccc(S(=O)(=O)O)cc5)c5ccc2[nH]5)C=C4)C=C3)cc1.[Co].[Co]. The summed E-state index contributed by atoms with van der Waals surface area (Å²) < 4.78 is 136. The second-order valence-corrected chi connectivity index (χ2v) is 34.0. The third kappa shape index (κ3) is 16.3. The molecular formula is C88H72Co2N12O12S4+4. The zero-order valence-electron chi connectivity index (χ0n) is 62.8. The molecule has 4 aromatic carbocycles. The normalized spacial score (nSPS) is 12.7. The predicted octanol–water partition coefficient (Wildman–Crippen LogP) is 17.6. The van der Waals surface area contributed by atoms with Gasteiger partial charge in [-0.25, -0.2) is 38.2 Å². The van der Waals surface area contributed by atoms with Crippen molar-refractivity contribution < 1.29 is 105 Å². The number of aromatic amines is 4. The van der Waals surface area contributed by atoms with Crippen LogP contribution in [0.2, 0.25) is 0 Å². The Morgan fingerprint density at radius 2 is 0.364 bits per heavy atom. The zero-order valence-corrected chi connectivity index (χ0v) is 68.1. The summed E-state index contributed by atoms with van der Waals surface area (Å²) in [6, 6.07) is 56.0. The van der Waals surface area contributed by atoms with Crippen molar-refractivity contribution in [2.45, 2.75) is 19.6 Å². The van der Waals surface area contributed by atoms with Crippen LogP contribution in [0.25, 0.3) is 182 Å². The number of nitrogens with zero attached hydrogens (tertiary/aromatic N) is 8. The van der Waals surface area contributed by atoms with Crippen LogP contribution in [0.1, 0.15) is 45.6 Å². The number of H-pyrrole nitrogens is 4. The van der Waals surface area contributed by atoms with Crippen LogP contribution in [0.5, 0.6) is 0 Å². The smallest absolute Gasteiger partial charge is 0.294 e. The Morgan fingerprint density at radius 3 is 0.508 bits per heavy atom. The van der Waals surface area contributed by atoms with Crippen LogP contribution in [0.15, 0.2) is 263 Å². The molecule has 0 saturated carbocycles. The third-order valence-electron chi connectivity index (χ3n) is 20.4. The largest absolute Gasteiger partial charge is 0.354 e. The van der Waals surface area contributed by atoms with Gasteiger partial charge in [0, 0.05) is 171 Å². The van der Waals surface area contributed by atoms with Gasteiger partial charge in [-0.1, -0.05) is 48.5 Å². The summed E-state index contributed by atoms with van der Waals surface area (Å²) in [7, 11) is -9.00. The first kappa shape index (κ1) is 81.1. The number of aromatic nitrogens is 12. The zero-order chi connectivity index (χ0) is 80.7. The summed E-state index contributed by atoms with van der Waals surface area (Å²) in [5.74, 6) is 0. The Kier molecular flexibility index (Phi) is 22.1. The second kappa shape index (κ2) is 32.1. The maximum absolute atomic E-state index is 12.0. The van der Waals surface area contributed by atoms with Crippen molar-refractivity contribution >= 4 is 135 Å². The number of hydrogen-bond donors (Lipinski definition) is 12. The van der Waals surface area contributed by atoms with Gasteiger partial charge in [0.05, 0.1) is 65.1 Å². The average Bonchev–Trinajstić information content (AvgIpc) is 1.61. The number of benzene rings is 4. The fourth-order valence-electron chi connectivity index (χ4n) is 14.7. The van der Waals surface area contributed by atoms with Crippen LogP contribution in [-0.2, 0) is 82.0 Å². The summed E-state index contributed by atoms with van der Waals surface area (Å²) in [4.78, 5) is 34.7. The number of nitrogens with one attached hydrogen (secondary N) is 4. The van der Waals surface area contributed by atoms with Gasteiger partial charge in [-0.05, 0) is 190 Å². The Bertz CT molecular complexity index is 6490. The minimum Gasteiger partial charge on any atom is -0.354 e. The number of pyridine rings is 4. The van der Waals surface area contributed by atoms with Crippen LogP contribution in [0, 0.1) is 0 Å². The third-order valence-corrected chi connectivity index (χ3v) is 23.9. The summed E-state index contributed by atoms with van der Waals surface area (Å²) >= 11 is 0. The Morgan fingerprint density at radius 1 is 0.220 bits per heavy atom. The van der Waals surface area contributed by atoms with E-state index in [1.54, 1.807) is 72.8 Å². The van der Waals surface area contributed by atoms with E-state index in [2.05, 4.69) is 167 Å². The topological polar surface area (TPSA) is 360 Å². The van der Waals surface area contributed by atoms with Gasteiger partial charge in [0.25, 0.3) is 20.2 Å². The van der Waals surface area contributed by atoms with Gasteiger partial charge < -0.3 is 47.3 Å². The molecule has 4 aliphatic rings.